The summed E-state index contributed by atoms with van der Waals surface area (Å²) in [6.07, 6.45) is 0. The number of halogens is 2. The number of carbonyl (C=O) groups is 1. The van der Waals surface area contributed by atoms with Crippen LogP contribution in [-0.2, 0) is 13.2 Å². The number of benzene rings is 3. The van der Waals surface area contributed by atoms with Crippen LogP contribution in [0, 0.1) is 25.5 Å². The third-order valence-corrected chi connectivity index (χ3v) is 5.27. The first-order chi connectivity index (χ1) is 15.9. The Morgan fingerprint density at radius 3 is 2.48 bits per heavy atom. The Kier molecular flexibility index (Phi) is 6.49. The smallest absolute Gasteiger partial charge is 0.255 e. The highest BCUT2D eigenvalue weighted by Crippen LogP contribution is 2.22. The Labute approximate surface area is 190 Å². The zero-order valence-electron chi connectivity index (χ0n) is 18.3. The summed E-state index contributed by atoms with van der Waals surface area (Å²) >= 11 is 0. The summed E-state index contributed by atoms with van der Waals surface area (Å²) in [6.45, 7) is 4.42. The summed E-state index contributed by atoms with van der Waals surface area (Å²) in [5.74, 6) is -1.78. The Bertz CT molecular complexity index is 1290. The fourth-order valence-electron chi connectivity index (χ4n) is 3.53. The number of hydrogen-bond donors (Lipinski definition) is 1. The fourth-order valence-corrected chi connectivity index (χ4v) is 3.53. The van der Waals surface area contributed by atoms with Gasteiger partial charge in [-0.3, -0.25) is 9.48 Å². The summed E-state index contributed by atoms with van der Waals surface area (Å²) in [6, 6.07) is 20.0. The highest BCUT2D eigenvalue weighted by atomic mass is 19.1. The monoisotopic (exact) mass is 447 g/mol. The zero-order chi connectivity index (χ0) is 23.4. The number of nitrogens with zero attached hydrogens (tertiary/aromatic N) is 2. The average molecular weight is 447 g/mol. The van der Waals surface area contributed by atoms with Crippen LogP contribution in [0.1, 0.15) is 32.9 Å². The molecule has 0 unspecified atom stereocenters. The maximum absolute atomic E-state index is 13.8. The minimum absolute atomic E-state index is 0.0384. The molecule has 7 heteroatoms. The van der Waals surface area contributed by atoms with Gasteiger partial charge in [-0.2, -0.15) is 5.10 Å². The molecule has 0 fully saturated rings. The molecule has 0 aliphatic heterocycles. The van der Waals surface area contributed by atoms with E-state index in [0.717, 1.165) is 29.1 Å². The lowest BCUT2D eigenvalue weighted by Crippen LogP contribution is -2.14. The van der Waals surface area contributed by atoms with Crippen molar-refractivity contribution in [2.45, 2.75) is 27.0 Å². The van der Waals surface area contributed by atoms with Gasteiger partial charge in [-0.1, -0.05) is 42.5 Å². The predicted octanol–water partition coefficient (Wildman–Crippen LogP) is 5.66. The van der Waals surface area contributed by atoms with Gasteiger partial charge in [-0.05, 0) is 49.2 Å². The number of ether oxygens (including phenoxy) is 1. The van der Waals surface area contributed by atoms with Crippen LogP contribution in [0.2, 0.25) is 0 Å². The van der Waals surface area contributed by atoms with E-state index >= 15 is 0 Å². The topological polar surface area (TPSA) is 56.2 Å². The van der Waals surface area contributed by atoms with E-state index in [9.17, 15) is 13.6 Å². The molecule has 4 aromatic rings. The van der Waals surface area contributed by atoms with E-state index < -0.39 is 11.6 Å². The minimum atomic E-state index is -0.776. The number of aryl methyl sites for hydroxylation is 1. The molecule has 0 spiro atoms. The molecular formula is C26H23F2N3O2. The van der Waals surface area contributed by atoms with Gasteiger partial charge in [-0.15, -0.1) is 0 Å². The first-order valence-corrected chi connectivity index (χ1v) is 10.5. The molecule has 0 aliphatic rings. The largest absolute Gasteiger partial charge is 0.486 e. The van der Waals surface area contributed by atoms with Crippen molar-refractivity contribution in [2.75, 3.05) is 5.32 Å². The van der Waals surface area contributed by atoms with Gasteiger partial charge in [0.2, 0.25) is 0 Å². The standard InChI is InChI=1S/C26H23F2N3O2/c1-17-25(18(2)31(30-17)15-19-7-4-3-5-8-19)29-26(32)21-10-6-9-20(13-21)16-33-24-12-11-22(27)14-23(24)28/h3-14H,15-16H2,1-2H3,(H,29,32). The number of amides is 1. The molecule has 0 aliphatic carbocycles. The molecule has 1 N–H and O–H groups in total. The maximum Gasteiger partial charge on any atom is 0.255 e. The quantitative estimate of drug-likeness (QED) is 0.398. The Balaban J connectivity index is 1.45. The van der Waals surface area contributed by atoms with Gasteiger partial charge in [0.1, 0.15) is 12.4 Å². The third kappa shape index (κ3) is 5.26. The van der Waals surface area contributed by atoms with Crippen LogP contribution in [0.5, 0.6) is 5.75 Å². The number of aromatic nitrogens is 2. The summed E-state index contributed by atoms with van der Waals surface area (Å²) < 4.78 is 34.1. The van der Waals surface area contributed by atoms with Crippen LogP contribution in [0.15, 0.2) is 72.8 Å². The first-order valence-electron chi connectivity index (χ1n) is 10.5. The molecule has 4 rings (SSSR count). The SMILES string of the molecule is Cc1nn(Cc2ccccc2)c(C)c1NC(=O)c1cccc(COc2ccc(F)cc2F)c1. The third-order valence-electron chi connectivity index (χ3n) is 5.27. The molecule has 0 saturated heterocycles. The van der Waals surface area contributed by atoms with Crippen molar-refractivity contribution in [3.05, 3.63) is 113 Å². The van der Waals surface area contributed by atoms with Crippen LogP contribution in [0.4, 0.5) is 14.5 Å². The molecule has 0 saturated carbocycles. The summed E-state index contributed by atoms with van der Waals surface area (Å²) in [4.78, 5) is 12.9. The van der Waals surface area contributed by atoms with Crippen molar-refractivity contribution in [3.63, 3.8) is 0 Å². The van der Waals surface area contributed by atoms with Crippen LogP contribution in [-0.4, -0.2) is 15.7 Å². The van der Waals surface area contributed by atoms with Crippen molar-refractivity contribution in [1.29, 1.82) is 0 Å². The summed E-state index contributed by atoms with van der Waals surface area (Å²) in [5.41, 5.74) is 4.49. The lowest BCUT2D eigenvalue weighted by atomic mass is 10.1. The van der Waals surface area contributed by atoms with Crippen LogP contribution in [0.3, 0.4) is 0 Å². The Morgan fingerprint density at radius 2 is 1.73 bits per heavy atom. The normalized spacial score (nSPS) is 10.8. The molecular weight excluding hydrogens is 424 g/mol. The number of nitrogens with one attached hydrogen (secondary N) is 1. The predicted molar refractivity (Wildman–Crippen MR) is 122 cm³/mol. The van der Waals surface area contributed by atoms with Gasteiger partial charge in [0.25, 0.3) is 5.91 Å². The molecule has 3 aromatic carbocycles. The van der Waals surface area contributed by atoms with E-state index in [1.54, 1.807) is 24.3 Å². The van der Waals surface area contributed by atoms with Crippen molar-refractivity contribution >= 4 is 11.6 Å². The van der Waals surface area contributed by atoms with Gasteiger partial charge in [0, 0.05) is 11.6 Å². The minimum Gasteiger partial charge on any atom is -0.486 e. The molecule has 33 heavy (non-hydrogen) atoms. The van der Waals surface area contributed by atoms with E-state index in [-0.39, 0.29) is 18.3 Å². The van der Waals surface area contributed by atoms with Gasteiger partial charge in [0.15, 0.2) is 11.6 Å². The second-order valence-electron chi connectivity index (χ2n) is 7.71. The molecule has 0 atom stereocenters. The van der Waals surface area contributed by atoms with Crippen molar-refractivity contribution in [1.82, 2.24) is 9.78 Å². The average Bonchev–Trinajstić information content (AvgIpc) is 3.06. The highest BCUT2D eigenvalue weighted by Gasteiger charge is 2.16. The van der Waals surface area contributed by atoms with Gasteiger partial charge >= 0.3 is 0 Å². The number of rotatable bonds is 7. The lowest BCUT2D eigenvalue weighted by Gasteiger charge is -2.10. The van der Waals surface area contributed by atoms with Crippen LogP contribution in [0.25, 0.3) is 0 Å². The molecule has 168 valence electrons. The van der Waals surface area contributed by atoms with Crippen LogP contribution < -0.4 is 10.1 Å². The van der Waals surface area contributed by atoms with Crippen LogP contribution >= 0.6 is 0 Å². The van der Waals surface area contributed by atoms with Gasteiger partial charge in [-0.25, -0.2) is 8.78 Å². The number of anilines is 1. The Hall–Kier alpha value is -4.00. The summed E-state index contributed by atoms with van der Waals surface area (Å²) in [7, 11) is 0. The molecule has 1 heterocycles. The van der Waals surface area contributed by atoms with E-state index in [0.29, 0.717) is 23.4 Å². The fraction of sp³-hybridized carbons (Fsp3) is 0.154. The zero-order valence-corrected chi connectivity index (χ0v) is 18.3. The van der Waals surface area contributed by atoms with Crippen molar-refractivity contribution < 1.29 is 18.3 Å². The maximum atomic E-state index is 13.8. The molecule has 1 amide bonds. The molecule has 1 aromatic heterocycles. The highest BCUT2D eigenvalue weighted by molar-refractivity contribution is 6.05. The first kappa shape index (κ1) is 22.2. The number of hydrogen-bond acceptors (Lipinski definition) is 3. The Morgan fingerprint density at radius 1 is 0.970 bits per heavy atom. The lowest BCUT2D eigenvalue weighted by molar-refractivity contribution is 0.102. The molecule has 0 radical (unpaired) electrons. The second kappa shape index (κ2) is 9.65. The van der Waals surface area contributed by atoms with E-state index in [1.807, 2.05) is 48.9 Å². The molecule has 0 bridgehead atoms. The van der Waals surface area contributed by atoms with Crippen molar-refractivity contribution in [2.24, 2.45) is 0 Å². The van der Waals surface area contributed by atoms with Crippen molar-refractivity contribution in [3.8, 4) is 5.75 Å². The van der Waals surface area contributed by atoms with Gasteiger partial charge in [0.05, 0.1) is 23.6 Å². The second-order valence-corrected chi connectivity index (χ2v) is 7.71. The van der Waals surface area contributed by atoms with E-state index in [2.05, 4.69) is 10.4 Å². The van der Waals surface area contributed by atoms with Gasteiger partial charge < -0.3 is 10.1 Å². The molecule has 5 nitrogen and oxygen atoms in total. The number of carbonyl (C=O) groups excluding carboxylic acids is 1. The van der Waals surface area contributed by atoms with E-state index in [4.69, 9.17) is 4.74 Å². The summed E-state index contributed by atoms with van der Waals surface area (Å²) in [5, 5.41) is 7.52. The van der Waals surface area contributed by atoms with E-state index in [1.165, 1.54) is 6.07 Å².